The zero-order chi connectivity index (χ0) is 26.9. The molecule has 0 aromatic heterocycles. The Labute approximate surface area is 220 Å². The van der Waals surface area contributed by atoms with E-state index in [-0.39, 0.29) is 18.0 Å². The van der Waals surface area contributed by atoms with Gasteiger partial charge in [0.2, 0.25) is 5.91 Å². The van der Waals surface area contributed by atoms with E-state index in [1.54, 1.807) is 60.9 Å². The Morgan fingerprint density at radius 1 is 1.05 bits per heavy atom. The molecule has 1 heterocycles. The number of rotatable bonds is 11. The van der Waals surface area contributed by atoms with Crippen molar-refractivity contribution < 1.29 is 19.1 Å². The van der Waals surface area contributed by atoms with Gasteiger partial charge in [0.25, 0.3) is 0 Å². The van der Waals surface area contributed by atoms with Gasteiger partial charge in [-0.25, -0.2) is 15.2 Å². The van der Waals surface area contributed by atoms with Crippen molar-refractivity contribution in [2.24, 2.45) is 16.5 Å². The van der Waals surface area contributed by atoms with Crippen molar-refractivity contribution in [2.45, 2.75) is 6.42 Å². The molecule has 0 saturated carbocycles. The number of ether oxygens (including phenoxy) is 2. The molecule has 1 aliphatic heterocycles. The number of morpholine rings is 1. The monoisotopic (exact) mass is 517 g/mol. The summed E-state index contributed by atoms with van der Waals surface area (Å²) in [5.74, 6) is -0.959. The van der Waals surface area contributed by atoms with Crippen LogP contribution in [0.15, 0.2) is 59.6 Å². The number of nitrogens with zero attached hydrogens (tertiary/aromatic N) is 2. The number of aliphatic imine (C=N–C) groups is 1. The van der Waals surface area contributed by atoms with E-state index in [2.05, 4.69) is 20.7 Å². The van der Waals surface area contributed by atoms with Gasteiger partial charge in [0, 0.05) is 37.3 Å². The lowest BCUT2D eigenvalue weighted by molar-refractivity contribution is -0.117. The van der Waals surface area contributed by atoms with E-state index >= 15 is 0 Å². The van der Waals surface area contributed by atoms with Gasteiger partial charge in [0.1, 0.15) is 17.9 Å². The van der Waals surface area contributed by atoms with Crippen LogP contribution in [0, 0.1) is 5.41 Å². The molecule has 0 spiro atoms. The zero-order valence-corrected chi connectivity index (χ0v) is 20.9. The highest BCUT2D eigenvalue weighted by Crippen LogP contribution is 2.30. The molecule has 38 heavy (non-hydrogen) atoms. The first kappa shape index (κ1) is 26.7. The molecular weight excluding hydrogens is 486 g/mol. The third-order valence-corrected chi connectivity index (χ3v) is 6.09. The van der Waals surface area contributed by atoms with Crippen molar-refractivity contribution in [1.82, 2.24) is 15.8 Å². The number of hydrogen-bond acceptors (Lipinski definition) is 8. The van der Waals surface area contributed by atoms with Crippen molar-refractivity contribution in [3.05, 3.63) is 71.3 Å². The molecule has 4 rings (SSSR count). The highest BCUT2D eigenvalue weighted by molar-refractivity contribution is 6.01. The maximum atomic E-state index is 12.9. The first-order valence-corrected chi connectivity index (χ1v) is 12.2. The van der Waals surface area contributed by atoms with E-state index in [9.17, 15) is 9.59 Å². The van der Waals surface area contributed by atoms with Crippen LogP contribution in [0.2, 0.25) is 0 Å². The Morgan fingerprint density at radius 3 is 2.50 bits per heavy atom. The number of hydrazine groups is 1. The molecule has 1 amide bonds. The van der Waals surface area contributed by atoms with Gasteiger partial charge in [0.05, 0.1) is 30.9 Å². The molecule has 0 unspecified atom stereocenters. The van der Waals surface area contributed by atoms with Crippen molar-refractivity contribution >= 4 is 40.5 Å². The predicted octanol–water partition coefficient (Wildman–Crippen LogP) is 1.46. The highest BCUT2D eigenvalue weighted by Gasteiger charge is 2.17. The number of carbonyl (C=O) groups excluding carboxylic acids is 2. The number of hydrogen-bond donors (Lipinski definition) is 5. The van der Waals surface area contributed by atoms with Crippen LogP contribution in [0.3, 0.4) is 0 Å². The summed E-state index contributed by atoms with van der Waals surface area (Å²) in [6, 6.07) is 15.2. The standard InChI is InChI=1S/C27H31N7O4/c28-25(35)16-23-22-7-3-20(26(29)30)15-19(22)4-8-24(23)38-27(36)18-1-5-21(6-2-18)31-17-33-32-9-10-34-11-13-37-14-12-34/h1-8,15,17,32H,9-14,16H2,(H2,28,35)(H3,29,30)(H,31,33). The fraction of sp³-hybridized carbons (Fsp3) is 0.259. The fourth-order valence-electron chi connectivity index (χ4n) is 4.10. The van der Waals surface area contributed by atoms with E-state index in [1.807, 2.05) is 0 Å². The third kappa shape index (κ3) is 7.13. The van der Waals surface area contributed by atoms with Crippen LogP contribution < -0.4 is 27.1 Å². The predicted molar refractivity (Wildman–Crippen MR) is 146 cm³/mol. The number of nitrogens with one attached hydrogen (secondary N) is 3. The van der Waals surface area contributed by atoms with Crippen molar-refractivity contribution in [3.63, 3.8) is 0 Å². The third-order valence-electron chi connectivity index (χ3n) is 6.09. The molecule has 1 aliphatic rings. The number of benzene rings is 3. The van der Waals surface area contributed by atoms with Crippen LogP contribution in [0.25, 0.3) is 10.8 Å². The normalized spacial score (nSPS) is 14.0. The molecule has 0 aliphatic carbocycles. The van der Waals surface area contributed by atoms with Gasteiger partial charge < -0.3 is 26.4 Å². The van der Waals surface area contributed by atoms with Crippen LogP contribution in [0.4, 0.5) is 5.69 Å². The summed E-state index contributed by atoms with van der Waals surface area (Å²) in [7, 11) is 0. The van der Waals surface area contributed by atoms with E-state index in [0.29, 0.717) is 27.8 Å². The maximum Gasteiger partial charge on any atom is 0.343 e. The summed E-state index contributed by atoms with van der Waals surface area (Å²) in [5, 5.41) is 9.08. The summed E-state index contributed by atoms with van der Waals surface area (Å²) in [5.41, 5.74) is 19.1. The van der Waals surface area contributed by atoms with Crippen LogP contribution in [-0.2, 0) is 16.0 Å². The molecule has 3 aromatic carbocycles. The lowest BCUT2D eigenvalue weighted by Gasteiger charge is -2.26. The molecular formula is C27H31N7O4. The minimum atomic E-state index is -0.575. The molecule has 0 radical (unpaired) electrons. The summed E-state index contributed by atoms with van der Waals surface area (Å²) in [6.07, 6.45) is 1.44. The number of nitrogens with two attached hydrogens (primary N) is 2. The Kier molecular flexibility index (Phi) is 8.98. The van der Waals surface area contributed by atoms with Gasteiger partial charge in [-0.2, -0.15) is 0 Å². The second kappa shape index (κ2) is 12.8. The molecule has 1 saturated heterocycles. The molecule has 1 fully saturated rings. The molecule has 11 nitrogen and oxygen atoms in total. The molecule has 7 N–H and O–H groups in total. The van der Waals surface area contributed by atoms with E-state index in [4.69, 9.17) is 26.4 Å². The number of esters is 1. The summed E-state index contributed by atoms with van der Waals surface area (Å²) >= 11 is 0. The first-order valence-electron chi connectivity index (χ1n) is 12.2. The van der Waals surface area contributed by atoms with Gasteiger partial charge in [-0.15, -0.1) is 0 Å². The van der Waals surface area contributed by atoms with E-state index in [1.165, 1.54) is 0 Å². The average Bonchev–Trinajstić information content (AvgIpc) is 2.92. The number of amides is 1. The van der Waals surface area contributed by atoms with Crippen molar-refractivity contribution in [1.29, 1.82) is 5.41 Å². The van der Waals surface area contributed by atoms with Gasteiger partial charge >= 0.3 is 5.97 Å². The second-order valence-corrected chi connectivity index (χ2v) is 8.75. The van der Waals surface area contributed by atoms with Gasteiger partial charge in [-0.3, -0.25) is 15.1 Å². The Morgan fingerprint density at radius 2 is 1.79 bits per heavy atom. The minimum absolute atomic E-state index is 0.0672. The van der Waals surface area contributed by atoms with Crippen molar-refractivity contribution in [3.8, 4) is 5.75 Å². The number of amidine groups is 1. The Hall–Kier alpha value is -4.32. The first-order chi connectivity index (χ1) is 18.4. The molecule has 11 heteroatoms. The summed E-state index contributed by atoms with van der Waals surface area (Å²) in [4.78, 5) is 31.2. The van der Waals surface area contributed by atoms with Crippen LogP contribution in [0.5, 0.6) is 5.75 Å². The number of carbonyl (C=O) groups is 2. The van der Waals surface area contributed by atoms with Crippen LogP contribution in [0.1, 0.15) is 21.5 Å². The van der Waals surface area contributed by atoms with Crippen LogP contribution in [-0.4, -0.2) is 68.3 Å². The van der Waals surface area contributed by atoms with E-state index < -0.39 is 11.9 Å². The van der Waals surface area contributed by atoms with Gasteiger partial charge in [0.15, 0.2) is 0 Å². The smallest absolute Gasteiger partial charge is 0.343 e. The lowest BCUT2D eigenvalue weighted by Crippen LogP contribution is -2.42. The Bertz CT molecular complexity index is 1340. The molecule has 0 bridgehead atoms. The summed E-state index contributed by atoms with van der Waals surface area (Å²) < 4.78 is 11.0. The van der Waals surface area contributed by atoms with Gasteiger partial charge in [-0.05, 0) is 47.2 Å². The number of primary amides is 1. The number of nitrogen functional groups attached to an aromatic ring is 1. The van der Waals surface area contributed by atoms with Crippen molar-refractivity contribution in [2.75, 3.05) is 39.4 Å². The molecule has 0 atom stereocenters. The zero-order valence-electron chi connectivity index (χ0n) is 20.9. The largest absolute Gasteiger partial charge is 0.423 e. The molecule has 3 aromatic rings. The lowest BCUT2D eigenvalue weighted by atomic mass is 9.98. The Balaban J connectivity index is 1.37. The highest BCUT2D eigenvalue weighted by atomic mass is 16.5. The number of fused-ring (bicyclic) bond motifs is 1. The summed E-state index contributed by atoms with van der Waals surface area (Å²) in [6.45, 7) is 5.12. The van der Waals surface area contributed by atoms with Gasteiger partial charge in [-0.1, -0.05) is 18.2 Å². The second-order valence-electron chi connectivity index (χ2n) is 8.75. The topological polar surface area (TPSA) is 168 Å². The SMILES string of the molecule is N=C(N)c1ccc2c(CC(N)=O)c(OC(=O)c3ccc(N=CNNCCN4CCOCC4)cc3)ccc2c1. The average molecular weight is 518 g/mol. The minimum Gasteiger partial charge on any atom is -0.423 e. The fourth-order valence-corrected chi connectivity index (χ4v) is 4.10. The maximum absolute atomic E-state index is 12.9. The van der Waals surface area contributed by atoms with Crippen LogP contribution >= 0.6 is 0 Å². The molecule has 198 valence electrons. The quantitative estimate of drug-likeness (QED) is 0.0636. The van der Waals surface area contributed by atoms with E-state index in [0.717, 1.165) is 44.8 Å².